The van der Waals surface area contributed by atoms with Crippen molar-refractivity contribution in [2.45, 2.75) is 6.42 Å². The molecule has 0 aromatic heterocycles. The second-order valence-corrected chi connectivity index (χ2v) is 2.36. The highest BCUT2D eigenvalue weighted by atomic mass is 14.6. The van der Waals surface area contributed by atoms with E-state index in [1.807, 2.05) is 12.1 Å². The van der Waals surface area contributed by atoms with Crippen molar-refractivity contribution in [2.75, 3.05) is 5.73 Å². The fourth-order valence-electron chi connectivity index (χ4n) is 0.911. The van der Waals surface area contributed by atoms with Gasteiger partial charge in [-0.2, -0.15) is 10.5 Å². The third kappa shape index (κ3) is 1.53. The van der Waals surface area contributed by atoms with E-state index in [4.69, 9.17) is 16.3 Å². The Morgan fingerprint density at radius 2 is 2.08 bits per heavy atom. The van der Waals surface area contributed by atoms with E-state index in [9.17, 15) is 0 Å². The lowest BCUT2D eigenvalue weighted by Gasteiger charge is -1.99. The first-order valence-corrected chi connectivity index (χ1v) is 3.43. The molecule has 2 N–H and O–H groups in total. The molecule has 0 unspecified atom stereocenters. The van der Waals surface area contributed by atoms with Crippen LogP contribution in [0.5, 0.6) is 0 Å². The van der Waals surface area contributed by atoms with Gasteiger partial charge in [-0.15, -0.1) is 0 Å². The molecule has 3 heteroatoms. The molecule has 3 nitrogen and oxygen atoms in total. The van der Waals surface area contributed by atoms with E-state index in [1.54, 1.807) is 18.2 Å². The monoisotopic (exact) mass is 157 g/mol. The third-order valence-electron chi connectivity index (χ3n) is 1.54. The van der Waals surface area contributed by atoms with Crippen LogP contribution in [0.15, 0.2) is 18.2 Å². The first kappa shape index (κ1) is 8.10. The molecule has 0 bridgehead atoms. The first-order valence-electron chi connectivity index (χ1n) is 3.43. The topological polar surface area (TPSA) is 73.6 Å². The van der Waals surface area contributed by atoms with Crippen molar-refractivity contribution in [1.82, 2.24) is 0 Å². The summed E-state index contributed by atoms with van der Waals surface area (Å²) in [6.07, 6.45) is 0.289. The van der Waals surface area contributed by atoms with E-state index in [0.717, 1.165) is 5.56 Å². The molecule has 0 saturated carbocycles. The molecule has 1 aromatic rings. The van der Waals surface area contributed by atoms with Gasteiger partial charge in [0.05, 0.1) is 24.1 Å². The largest absolute Gasteiger partial charge is 0.398 e. The SMILES string of the molecule is N#CCc1ccc(C#N)cc1N. The standard InChI is InChI=1S/C9H7N3/c10-4-3-8-2-1-7(6-11)5-9(8)12/h1-2,5H,3,12H2. The molecule has 12 heavy (non-hydrogen) atoms. The van der Waals surface area contributed by atoms with Crippen LogP contribution in [-0.4, -0.2) is 0 Å². The number of nitrogens with zero attached hydrogens (tertiary/aromatic N) is 2. The molecule has 58 valence electrons. The highest BCUT2D eigenvalue weighted by Crippen LogP contribution is 2.13. The minimum atomic E-state index is 0.289. The first-order chi connectivity index (χ1) is 5.77. The molecule has 0 amide bonds. The Bertz CT molecular complexity index is 368. The van der Waals surface area contributed by atoms with Crippen molar-refractivity contribution in [2.24, 2.45) is 0 Å². The van der Waals surface area contributed by atoms with Gasteiger partial charge in [-0.3, -0.25) is 0 Å². The smallest absolute Gasteiger partial charge is 0.0992 e. The normalized spacial score (nSPS) is 8.50. The van der Waals surface area contributed by atoms with Gasteiger partial charge >= 0.3 is 0 Å². The fourth-order valence-corrected chi connectivity index (χ4v) is 0.911. The maximum atomic E-state index is 8.51. The van der Waals surface area contributed by atoms with Gasteiger partial charge in [0, 0.05) is 5.69 Å². The van der Waals surface area contributed by atoms with E-state index in [0.29, 0.717) is 11.3 Å². The van der Waals surface area contributed by atoms with E-state index in [1.165, 1.54) is 0 Å². The number of nitrogens with two attached hydrogens (primary N) is 1. The number of hydrogen-bond donors (Lipinski definition) is 1. The molecule has 0 atom stereocenters. The van der Waals surface area contributed by atoms with Gasteiger partial charge < -0.3 is 5.73 Å². The summed E-state index contributed by atoms with van der Waals surface area (Å²) in [5.41, 5.74) is 7.39. The third-order valence-corrected chi connectivity index (χ3v) is 1.54. The molecule has 0 fully saturated rings. The van der Waals surface area contributed by atoms with Gasteiger partial charge in [0.2, 0.25) is 0 Å². The predicted octanol–water partition coefficient (Wildman–Crippen LogP) is 1.21. The van der Waals surface area contributed by atoms with Crippen LogP contribution in [0.4, 0.5) is 5.69 Å². The van der Waals surface area contributed by atoms with Gasteiger partial charge in [0.15, 0.2) is 0 Å². The van der Waals surface area contributed by atoms with Crippen LogP contribution in [0.25, 0.3) is 0 Å². The lowest BCUT2D eigenvalue weighted by molar-refractivity contribution is 1.26. The van der Waals surface area contributed by atoms with Gasteiger partial charge in [0.1, 0.15) is 0 Å². The molecule has 0 spiro atoms. The molecular formula is C9H7N3. The van der Waals surface area contributed by atoms with Crippen molar-refractivity contribution < 1.29 is 0 Å². The van der Waals surface area contributed by atoms with E-state index in [2.05, 4.69) is 0 Å². The minimum absolute atomic E-state index is 0.289. The Morgan fingerprint density at radius 1 is 1.33 bits per heavy atom. The second-order valence-electron chi connectivity index (χ2n) is 2.36. The van der Waals surface area contributed by atoms with Crippen LogP contribution in [0.3, 0.4) is 0 Å². The lowest BCUT2D eigenvalue weighted by Crippen LogP contribution is -1.93. The van der Waals surface area contributed by atoms with Crippen LogP contribution in [0.2, 0.25) is 0 Å². The van der Waals surface area contributed by atoms with Crippen LogP contribution in [0.1, 0.15) is 11.1 Å². The van der Waals surface area contributed by atoms with Gasteiger partial charge in [-0.25, -0.2) is 0 Å². The van der Waals surface area contributed by atoms with E-state index < -0.39 is 0 Å². The zero-order valence-corrected chi connectivity index (χ0v) is 6.41. The van der Waals surface area contributed by atoms with Crippen molar-refractivity contribution in [1.29, 1.82) is 10.5 Å². The average molecular weight is 157 g/mol. The van der Waals surface area contributed by atoms with Crippen molar-refractivity contribution in [3.8, 4) is 12.1 Å². The Morgan fingerprint density at radius 3 is 2.58 bits per heavy atom. The highest BCUT2D eigenvalue weighted by molar-refractivity contribution is 5.52. The van der Waals surface area contributed by atoms with Gasteiger partial charge in [-0.05, 0) is 17.7 Å². The molecule has 0 aliphatic rings. The fraction of sp³-hybridized carbons (Fsp3) is 0.111. The van der Waals surface area contributed by atoms with Crippen molar-refractivity contribution >= 4 is 5.69 Å². The molecule has 0 heterocycles. The van der Waals surface area contributed by atoms with Crippen LogP contribution >= 0.6 is 0 Å². The Labute approximate surface area is 70.7 Å². The molecule has 1 rings (SSSR count). The Kier molecular flexibility index (Phi) is 2.30. The summed E-state index contributed by atoms with van der Waals surface area (Å²) in [6.45, 7) is 0. The molecular weight excluding hydrogens is 150 g/mol. The van der Waals surface area contributed by atoms with E-state index in [-0.39, 0.29) is 6.42 Å². The summed E-state index contributed by atoms with van der Waals surface area (Å²) in [4.78, 5) is 0. The minimum Gasteiger partial charge on any atom is -0.398 e. The quantitative estimate of drug-likeness (QED) is 0.622. The zero-order valence-electron chi connectivity index (χ0n) is 6.41. The maximum Gasteiger partial charge on any atom is 0.0992 e. The average Bonchev–Trinajstić information content (AvgIpc) is 2.09. The van der Waals surface area contributed by atoms with Crippen molar-refractivity contribution in [3.05, 3.63) is 29.3 Å². The number of nitriles is 2. The zero-order chi connectivity index (χ0) is 8.97. The molecule has 0 saturated heterocycles. The Hall–Kier alpha value is -2.00. The van der Waals surface area contributed by atoms with Gasteiger partial charge in [-0.1, -0.05) is 6.07 Å². The highest BCUT2D eigenvalue weighted by Gasteiger charge is 1.98. The predicted molar refractivity (Wildman–Crippen MR) is 44.9 cm³/mol. The Balaban J connectivity index is 3.07. The number of benzene rings is 1. The van der Waals surface area contributed by atoms with Gasteiger partial charge in [0.25, 0.3) is 0 Å². The van der Waals surface area contributed by atoms with Crippen molar-refractivity contribution in [3.63, 3.8) is 0 Å². The molecule has 1 aromatic carbocycles. The summed E-state index contributed by atoms with van der Waals surface area (Å²) in [5.74, 6) is 0. The molecule has 0 aliphatic heterocycles. The van der Waals surface area contributed by atoms with E-state index >= 15 is 0 Å². The molecule has 0 radical (unpaired) electrons. The summed E-state index contributed by atoms with van der Waals surface area (Å²) in [5, 5.41) is 16.9. The summed E-state index contributed by atoms with van der Waals surface area (Å²) < 4.78 is 0. The maximum absolute atomic E-state index is 8.51. The molecule has 0 aliphatic carbocycles. The second kappa shape index (κ2) is 3.41. The number of rotatable bonds is 1. The lowest BCUT2D eigenvalue weighted by atomic mass is 10.1. The van der Waals surface area contributed by atoms with Crippen LogP contribution in [0, 0.1) is 22.7 Å². The number of nitrogen functional groups attached to an aromatic ring is 1. The van der Waals surface area contributed by atoms with Crippen LogP contribution < -0.4 is 5.73 Å². The summed E-state index contributed by atoms with van der Waals surface area (Å²) in [6, 6.07) is 8.91. The summed E-state index contributed by atoms with van der Waals surface area (Å²) >= 11 is 0. The summed E-state index contributed by atoms with van der Waals surface area (Å²) in [7, 11) is 0. The van der Waals surface area contributed by atoms with Crippen LogP contribution in [-0.2, 0) is 6.42 Å². The number of anilines is 1. The number of hydrogen-bond acceptors (Lipinski definition) is 3.